The van der Waals surface area contributed by atoms with E-state index in [0.717, 1.165) is 109 Å². The first-order valence-electron chi connectivity index (χ1n) is 30.0. The molecule has 1 aliphatic rings. The number of unbranched alkanes of at least 4 members (excludes halogenated alkanes) is 15. The molecule has 1 saturated heterocycles. The van der Waals surface area contributed by atoms with E-state index in [4.69, 9.17) is 9.47 Å². The number of hydrogen-bond donors (Lipinski definition) is 6. The lowest BCUT2D eigenvalue weighted by Crippen LogP contribution is -2.60. The molecular formula is C67H109NO8. The van der Waals surface area contributed by atoms with Crippen LogP contribution in [0.5, 0.6) is 0 Å². The molecule has 0 radical (unpaired) electrons. The molecule has 6 N–H and O–H groups in total. The summed E-state index contributed by atoms with van der Waals surface area (Å²) in [7, 11) is 0. The number of nitrogens with one attached hydrogen (secondary N) is 1. The molecule has 0 aliphatic carbocycles. The number of ether oxygens (including phenoxy) is 2. The van der Waals surface area contributed by atoms with E-state index in [1.165, 1.54) is 70.6 Å². The van der Waals surface area contributed by atoms with Gasteiger partial charge in [0.05, 0.1) is 25.4 Å². The van der Waals surface area contributed by atoms with Gasteiger partial charge in [0, 0.05) is 6.42 Å². The van der Waals surface area contributed by atoms with Gasteiger partial charge in [-0.05, 0) is 103 Å². The molecule has 0 aromatic carbocycles. The maximum absolute atomic E-state index is 13.0. The molecule has 9 nitrogen and oxygen atoms in total. The maximum atomic E-state index is 13.0. The molecule has 1 rings (SSSR count). The van der Waals surface area contributed by atoms with E-state index in [0.29, 0.717) is 19.3 Å². The third kappa shape index (κ3) is 43.1. The van der Waals surface area contributed by atoms with Crippen LogP contribution in [0, 0.1) is 0 Å². The topological polar surface area (TPSA) is 149 Å². The van der Waals surface area contributed by atoms with Crippen LogP contribution in [-0.4, -0.2) is 87.5 Å². The van der Waals surface area contributed by atoms with Gasteiger partial charge in [-0.25, -0.2) is 0 Å². The number of amides is 1. The van der Waals surface area contributed by atoms with Crippen molar-refractivity contribution in [3.8, 4) is 0 Å². The standard InChI is InChI=1S/C67H109NO8/c1-3-5-7-9-11-13-15-17-19-20-21-22-23-24-25-26-27-28-29-30-31-32-33-34-35-36-37-38-39-40-41-42-43-45-47-49-51-53-55-57-63(71)68-60(59-75-67-66(74)65(73)64(72)62(58-69)76-67)61(70)56-54-52-50-48-46-44-18-16-14-12-10-8-6-4-2/h5,7,11,13,17,19,21-22,24-25,27-28,30-31,33-34,36-37,39-40,42-43,47,49,60-62,64-67,69-70,72-74H,3-4,6,8-10,12,14-16,18,20,23,26,29,32,35,38,41,44-46,48,50-59H2,1-2H3,(H,68,71)/b7-5-,13-11-,19-17-,22-21-,25-24-,28-27-,31-30-,34-33-,37-36-,40-39-,43-42-,49-47-. The van der Waals surface area contributed by atoms with E-state index in [1.54, 1.807) is 0 Å². The van der Waals surface area contributed by atoms with Crippen molar-refractivity contribution in [2.45, 2.75) is 256 Å². The van der Waals surface area contributed by atoms with Gasteiger partial charge in [0.25, 0.3) is 0 Å². The van der Waals surface area contributed by atoms with Crippen LogP contribution in [0.4, 0.5) is 0 Å². The Balaban J connectivity index is 2.21. The van der Waals surface area contributed by atoms with Gasteiger partial charge < -0.3 is 40.3 Å². The fourth-order valence-corrected chi connectivity index (χ4v) is 8.49. The predicted octanol–water partition coefficient (Wildman–Crippen LogP) is 15.5. The Morgan fingerprint density at radius 1 is 0.461 bits per heavy atom. The lowest BCUT2D eigenvalue weighted by Gasteiger charge is -2.40. The van der Waals surface area contributed by atoms with Gasteiger partial charge in [0.1, 0.15) is 24.4 Å². The summed E-state index contributed by atoms with van der Waals surface area (Å²) in [6.45, 7) is 3.68. The molecule has 0 spiro atoms. The second-order valence-corrected chi connectivity index (χ2v) is 20.1. The van der Waals surface area contributed by atoms with E-state index >= 15 is 0 Å². The maximum Gasteiger partial charge on any atom is 0.220 e. The monoisotopic (exact) mass is 1060 g/mol. The fourth-order valence-electron chi connectivity index (χ4n) is 8.49. The summed E-state index contributed by atoms with van der Waals surface area (Å²) in [4.78, 5) is 13.0. The number of aliphatic hydroxyl groups is 5. The summed E-state index contributed by atoms with van der Waals surface area (Å²) >= 11 is 0. The van der Waals surface area contributed by atoms with Gasteiger partial charge in [0.15, 0.2) is 6.29 Å². The Bertz CT molecular complexity index is 1700. The van der Waals surface area contributed by atoms with Gasteiger partial charge >= 0.3 is 0 Å². The molecule has 0 aromatic rings. The molecule has 76 heavy (non-hydrogen) atoms. The van der Waals surface area contributed by atoms with Crippen LogP contribution in [0.2, 0.25) is 0 Å². The zero-order valence-electron chi connectivity index (χ0n) is 47.7. The highest BCUT2D eigenvalue weighted by Crippen LogP contribution is 2.23. The summed E-state index contributed by atoms with van der Waals surface area (Å²) in [6.07, 6.45) is 77.4. The zero-order chi connectivity index (χ0) is 55.0. The number of hydrogen-bond acceptors (Lipinski definition) is 8. The lowest BCUT2D eigenvalue weighted by molar-refractivity contribution is -0.302. The smallest absolute Gasteiger partial charge is 0.220 e. The Morgan fingerprint density at radius 3 is 1.18 bits per heavy atom. The van der Waals surface area contributed by atoms with Crippen molar-refractivity contribution in [2.24, 2.45) is 0 Å². The molecular weight excluding hydrogens is 947 g/mol. The largest absolute Gasteiger partial charge is 0.394 e. The molecule has 7 atom stereocenters. The first-order valence-corrected chi connectivity index (χ1v) is 30.0. The number of allylic oxidation sites excluding steroid dienone is 24. The summed E-state index contributed by atoms with van der Waals surface area (Å²) in [6, 6.07) is -0.753. The highest BCUT2D eigenvalue weighted by Gasteiger charge is 2.44. The van der Waals surface area contributed by atoms with Crippen LogP contribution < -0.4 is 5.32 Å². The van der Waals surface area contributed by atoms with Gasteiger partial charge in [-0.15, -0.1) is 0 Å². The van der Waals surface area contributed by atoms with E-state index in [9.17, 15) is 30.3 Å². The fraction of sp³-hybridized carbons (Fsp3) is 0.627. The predicted molar refractivity (Wildman–Crippen MR) is 322 cm³/mol. The quantitative estimate of drug-likeness (QED) is 0.0261. The second kappa shape index (κ2) is 54.4. The third-order valence-electron chi connectivity index (χ3n) is 13.2. The van der Waals surface area contributed by atoms with E-state index < -0.39 is 49.5 Å². The Kier molecular flexibility index (Phi) is 50.2. The van der Waals surface area contributed by atoms with Crippen molar-refractivity contribution in [1.82, 2.24) is 5.32 Å². The molecule has 0 bridgehead atoms. The summed E-state index contributed by atoms with van der Waals surface area (Å²) in [5.74, 6) is -0.193. The lowest BCUT2D eigenvalue weighted by atomic mass is 9.99. The van der Waals surface area contributed by atoms with Crippen molar-refractivity contribution in [1.29, 1.82) is 0 Å². The van der Waals surface area contributed by atoms with Crippen molar-refractivity contribution >= 4 is 5.91 Å². The molecule has 0 saturated carbocycles. The van der Waals surface area contributed by atoms with Crippen LogP contribution in [-0.2, 0) is 14.3 Å². The molecule has 1 heterocycles. The minimum Gasteiger partial charge on any atom is -0.394 e. The molecule has 0 aromatic heterocycles. The zero-order valence-corrected chi connectivity index (χ0v) is 47.7. The minimum absolute atomic E-state index is 0.165. The van der Waals surface area contributed by atoms with Crippen molar-refractivity contribution in [3.63, 3.8) is 0 Å². The first kappa shape index (κ1) is 70.1. The normalized spacial score (nSPS) is 19.9. The Labute approximate surface area is 463 Å². The average Bonchev–Trinajstić information content (AvgIpc) is 3.42. The number of aliphatic hydroxyl groups excluding tert-OH is 5. The van der Waals surface area contributed by atoms with Crippen molar-refractivity contribution in [3.05, 3.63) is 146 Å². The van der Waals surface area contributed by atoms with Crippen molar-refractivity contribution in [2.75, 3.05) is 13.2 Å². The van der Waals surface area contributed by atoms with Crippen LogP contribution in [0.3, 0.4) is 0 Å². The molecule has 1 fully saturated rings. The highest BCUT2D eigenvalue weighted by atomic mass is 16.7. The molecule has 1 amide bonds. The van der Waals surface area contributed by atoms with Crippen LogP contribution in [0.15, 0.2) is 146 Å². The molecule has 1 aliphatic heterocycles. The van der Waals surface area contributed by atoms with Crippen LogP contribution in [0.1, 0.15) is 213 Å². The summed E-state index contributed by atoms with van der Waals surface area (Å²) in [5.41, 5.74) is 0. The highest BCUT2D eigenvalue weighted by molar-refractivity contribution is 5.76. The minimum atomic E-state index is -1.57. The summed E-state index contributed by atoms with van der Waals surface area (Å²) < 4.78 is 11.3. The SMILES string of the molecule is CC/C=C\C/C=C\C/C=C\C/C=C\C/C=C\C/C=C\C/C=C\C/C=C\C/C=C\C/C=C\C/C=C\C/C=C\CCCCC(=O)NC(COC1OC(CO)C(O)C(O)C1O)C(O)CCCCCCCCCCCCCCCC. The average molecular weight is 1060 g/mol. The van der Waals surface area contributed by atoms with E-state index in [2.05, 4.69) is 165 Å². The Morgan fingerprint density at radius 2 is 0.816 bits per heavy atom. The molecule has 9 heteroatoms. The number of carbonyl (C=O) groups excluding carboxylic acids is 1. The van der Waals surface area contributed by atoms with Gasteiger partial charge in [0.2, 0.25) is 5.91 Å². The first-order chi connectivity index (χ1) is 37.3. The number of rotatable bonds is 49. The molecule has 430 valence electrons. The van der Waals surface area contributed by atoms with Crippen LogP contribution in [0.25, 0.3) is 0 Å². The molecule has 7 unspecified atom stereocenters. The van der Waals surface area contributed by atoms with E-state index in [1.807, 2.05) is 0 Å². The third-order valence-corrected chi connectivity index (χ3v) is 13.2. The Hall–Kier alpha value is -3.93. The van der Waals surface area contributed by atoms with Gasteiger partial charge in [-0.2, -0.15) is 0 Å². The van der Waals surface area contributed by atoms with E-state index in [-0.39, 0.29) is 12.5 Å². The van der Waals surface area contributed by atoms with Gasteiger partial charge in [-0.3, -0.25) is 4.79 Å². The van der Waals surface area contributed by atoms with Gasteiger partial charge in [-0.1, -0.05) is 250 Å². The second-order valence-electron chi connectivity index (χ2n) is 20.1. The van der Waals surface area contributed by atoms with Crippen LogP contribution >= 0.6 is 0 Å². The van der Waals surface area contributed by atoms with Crippen molar-refractivity contribution < 1.29 is 39.8 Å². The summed E-state index contributed by atoms with van der Waals surface area (Å²) in [5, 5.41) is 54.6. The number of carbonyl (C=O) groups is 1.